The van der Waals surface area contributed by atoms with E-state index in [9.17, 15) is 9.59 Å². The van der Waals surface area contributed by atoms with Gasteiger partial charge >= 0.3 is 12.1 Å². The number of rotatable bonds is 10. The number of esters is 1. The number of methoxy groups -OCH3 is 1. The second kappa shape index (κ2) is 11.8. The van der Waals surface area contributed by atoms with E-state index in [1.165, 1.54) is 12.2 Å². The molecule has 144 valence electrons. The Hall–Kier alpha value is -1.70. The maximum atomic E-state index is 12.4. The zero-order valence-electron chi connectivity index (χ0n) is 15.2. The van der Waals surface area contributed by atoms with Crippen molar-refractivity contribution in [2.24, 2.45) is 0 Å². The molecular weight excluding hydrogens is 378 g/mol. The van der Waals surface area contributed by atoms with Crippen molar-refractivity contribution in [1.29, 1.82) is 0 Å². The van der Waals surface area contributed by atoms with Crippen LogP contribution in [0.3, 0.4) is 0 Å². The van der Waals surface area contributed by atoms with Crippen molar-refractivity contribution >= 4 is 35.5 Å². The highest BCUT2D eigenvalue weighted by molar-refractivity contribution is 8.03. The summed E-state index contributed by atoms with van der Waals surface area (Å²) in [7, 11) is 1.26. The molecule has 0 aliphatic rings. The van der Waals surface area contributed by atoms with Crippen LogP contribution < -0.4 is 0 Å². The smallest absolute Gasteiger partial charge is 0.467 e. The average Bonchev–Trinajstić information content (AvgIpc) is 2.61. The van der Waals surface area contributed by atoms with Crippen molar-refractivity contribution in [2.75, 3.05) is 26.0 Å². The highest BCUT2D eigenvalue weighted by Gasteiger charge is 2.33. The van der Waals surface area contributed by atoms with Gasteiger partial charge in [-0.05, 0) is 30.1 Å². The molecule has 0 spiro atoms. The van der Waals surface area contributed by atoms with Gasteiger partial charge in [0.1, 0.15) is 0 Å². The molecule has 0 aliphatic carbocycles. The second-order valence-electron chi connectivity index (χ2n) is 5.08. The van der Waals surface area contributed by atoms with Crippen molar-refractivity contribution in [3.05, 3.63) is 46.3 Å². The minimum absolute atomic E-state index is 0.153. The molecular formula is C18H24ClNO5S. The lowest BCUT2D eigenvalue weighted by molar-refractivity contribution is -0.182. The number of carbonyl (C=O) groups excluding carboxylic acids is 2. The fourth-order valence-corrected chi connectivity index (χ4v) is 3.07. The van der Waals surface area contributed by atoms with Crippen molar-refractivity contribution in [1.82, 2.24) is 5.06 Å². The van der Waals surface area contributed by atoms with E-state index in [0.717, 1.165) is 10.7 Å². The van der Waals surface area contributed by atoms with Crippen LogP contribution in [0.25, 0.3) is 0 Å². The maximum absolute atomic E-state index is 12.4. The summed E-state index contributed by atoms with van der Waals surface area (Å²) in [5.74, 6) is 0.277. The lowest BCUT2D eigenvalue weighted by atomic mass is 10.1. The molecule has 0 unspecified atom stereocenters. The van der Waals surface area contributed by atoms with Gasteiger partial charge in [-0.2, -0.15) is 0 Å². The Morgan fingerprint density at radius 2 is 2.00 bits per heavy atom. The van der Waals surface area contributed by atoms with Crippen LogP contribution in [0.4, 0.5) is 4.79 Å². The van der Waals surface area contributed by atoms with Crippen LogP contribution in [0.15, 0.2) is 35.7 Å². The van der Waals surface area contributed by atoms with Crippen molar-refractivity contribution in [3.63, 3.8) is 0 Å². The first kappa shape index (κ1) is 22.3. The summed E-state index contributed by atoms with van der Waals surface area (Å²) in [6.07, 6.45) is -0.391. The van der Waals surface area contributed by atoms with Gasteiger partial charge in [0.25, 0.3) is 0 Å². The molecule has 0 saturated heterocycles. The molecule has 1 aromatic rings. The Labute approximate surface area is 163 Å². The van der Waals surface area contributed by atoms with Gasteiger partial charge in [-0.15, -0.1) is 16.8 Å². The summed E-state index contributed by atoms with van der Waals surface area (Å²) in [4.78, 5) is 30.5. The zero-order chi connectivity index (χ0) is 19.5. The molecule has 0 N–H and O–H groups in total. The topological polar surface area (TPSA) is 65.1 Å². The molecule has 0 aliphatic heterocycles. The van der Waals surface area contributed by atoms with Crippen LogP contribution in [-0.2, 0) is 19.1 Å². The number of hydrogen-bond acceptors (Lipinski definition) is 7. The summed E-state index contributed by atoms with van der Waals surface area (Å²) in [6.45, 7) is 8.03. The number of benzene rings is 1. The van der Waals surface area contributed by atoms with Crippen LogP contribution in [0, 0.1) is 0 Å². The van der Waals surface area contributed by atoms with Crippen LogP contribution in [0.2, 0.25) is 5.02 Å². The first-order valence-electron chi connectivity index (χ1n) is 8.18. The molecule has 0 fully saturated rings. The quantitative estimate of drug-likeness (QED) is 0.419. The Morgan fingerprint density at radius 1 is 1.31 bits per heavy atom. The third-order valence-corrected chi connectivity index (χ3v) is 4.57. The normalized spacial score (nSPS) is 11.7. The molecule has 0 saturated carbocycles. The Balaban J connectivity index is 3.14. The van der Waals surface area contributed by atoms with E-state index in [1.54, 1.807) is 43.0 Å². The summed E-state index contributed by atoms with van der Waals surface area (Å²) in [6, 6.07) is 5.81. The van der Waals surface area contributed by atoms with E-state index in [-0.39, 0.29) is 13.2 Å². The maximum Gasteiger partial charge on any atom is 0.527 e. The summed E-state index contributed by atoms with van der Waals surface area (Å²) in [5, 5.41) is 1.59. The number of carbonyl (C=O) groups is 2. The van der Waals surface area contributed by atoms with Crippen LogP contribution >= 0.6 is 23.4 Å². The minimum Gasteiger partial charge on any atom is -0.467 e. The van der Waals surface area contributed by atoms with E-state index in [1.807, 2.05) is 6.92 Å². The van der Waals surface area contributed by atoms with Gasteiger partial charge in [-0.1, -0.05) is 43.3 Å². The fourth-order valence-electron chi connectivity index (χ4n) is 2.19. The lowest BCUT2D eigenvalue weighted by Gasteiger charge is -2.28. The third-order valence-electron chi connectivity index (χ3n) is 3.33. The molecule has 6 nitrogen and oxygen atoms in total. The Kier molecular flexibility index (Phi) is 10.2. The number of hydroxylamine groups is 2. The van der Waals surface area contributed by atoms with Crippen LogP contribution in [-0.4, -0.2) is 43.2 Å². The van der Waals surface area contributed by atoms with Gasteiger partial charge in [0.05, 0.1) is 13.7 Å². The number of thioether (sulfide) groups is 1. The van der Waals surface area contributed by atoms with Crippen molar-refractivity contribution in [2.45, 2.75) is 26.3 Å². The van der Waals surface area contributed by atoms with Crippen molar-refractivity contribution in [3.8, 4) is 0 Å². The molecule has 1 rings (SSSR count). The summed E-state index contributed by atoms with van der Waals surface area (Å²) in [5.41, 5.74) is 0.471. The Bertz CT molecular complexity index is 625. The number of ether oxygens (including phenoxy) is 2. The first-order chi connectivity index (χ1) is 12.4. The Morgan fingerprint density at radius 3 is 2.58 bits per heavy atom. The van der Waals surface area contributed by atoms with Gasteiger partial charge in [0, 0.05) is 17.1 Å². The summed E-state index contributed by atoms with van der Waals surface area (Å²) >= 11 is 7.84. The molecule has 0 radical (unpaired) electrons. The van der Waals surface area contributed by atoms with Gasteiger partial charge in [0.15, 0.2) is 6.04 Å². The third kappa shape index (κ3) is 6.90. The monoisotopic (exact) mass is 401 g/mol. The minimum atomic E-state index is -1.02. The molecule has 0 amide bonds. The van der Waals surface area contributed by atoms with E-state index in [2.05, 4.69) is 6.58 Å². The second-order valence-corrected chi connectivity index (χ2v) is 6.93. The number of hydrogen-bond donors (Lipinski definition) is 0. The van der Waals surface area contributed by atoms with Crippen molar-refractivity contribution < 1.29 is 23.9 Å². The molecule has 0 aromatic heterocycles. The van der Waals surface area contributed by atoms with Gasteiger partial charge < -0.3 is 14.3 Å². The zero-order valence-corrected chi connectivity index (χ0v) is 16.8. The molecule has 0 bridgehead atoms. The standard InChI is InChI=1S/C18H24ClNO5S/c1-5-24-18(22)25-20(12-11-13(3)26-6-2)16(17(21)23-4)14-9-7-8-10-15(14)19/h7-10,16H,3,5-6,11-12H2,1-2,4H3/t16-/m0/s1. The molecule has 8 heteroatoms. The highest BCUT2D eigenvalue weighted by Crippen LogP contribution is 2.30. The molecule has 1 atom stereocenters. The predicted molar refractivity (Wildman–Crippen MR) is 103 cm³/mol. The lowest BCUT2D eigenvalue weighted by Crippen LogP contribution is -2.38. The SMILES string of the molecule is C=C(CCN(OC(=O)OCC)[C@H](C(=O)OC)c1ccccc1Cl)SCC. The highest BCUT2D eigenvalue weighted by atomic mass is 35.5. The van der Waals surface area contributed by atoms with Crippen LogP contribution in [0.1, 0.15) is 31.9 Å². The van der Waals surface area contributed by atoms with E-state index >= 15 is 0 Å². The molecule has 0 heterocycles. The van der Waals surface area contributed by atoms with E-state index in [0.29, 0.717) is 17.0 Å². The first-order valence-corrected chi connectivity index (χ1v) is 9.55. The largest absolute Gasteiger partial charge is 0.527 e. The number of halogens is 1. The van der Waals surface area contributed by atoms with Gasteiger partial charge in [-0.25, -0.2) is 9.59 Å². The number of nitrogens with zero attached hydrogens (tertiary/aromatic N) is 1. The molecule has 26 heavy (non-hydrogen) atoms. The fraction of sp³-hybridized carbons (Fsp3) is 0.444. The van der Waals surface area contributed by atoms with Gasteiger partial charge in [0.2, 0.25) is 0 Å². The van der Waals surface area contributed by atoms with Gasteiger partial charge in [-0.3, -0.25) is 0 Å². The average molecular weight is 402 g/mol. The van der Waals surface area contributed by atoms with Crippen LogP contribution in [0.5, 0.6) is 0 Å². The van der Waals surface area contributed by atoms with E-state index in [4.69, 9.17) is 25.9 Å². The predicted octanol–water partition coefficient (Wildman–Crippen LogP) is 4.60. The molecule has 1 aromatic carbocycles. The van der Waals surface area contributed by atoms with E-state index < -0.39 is 18.2 Å². The summed E-state index contributed by atoms with van der Waals surface area (Å²) < 4.78 is 9.74.